The first-order chi connectivity index (χ1) is 10.0. The minimum Gasteiger partial charge on any atom is -0.493 e. The highest BCUT2D eigenvalue weighted by atomic mass is 19.3. The first-order valence-corrected chi connectivity index (χ1v) is 7.05. The third-order valence-corrected chi connectivity index (χ3v) is 3.83. The van der Waals surface area contributed by atoms with Crippen LogP contribution < -0.4 is 14.8 Å². The summed E-state index contributed by atoms with van der Waals surface area (Å²) in [4.78, 5) is 0. The zero-order valence-electron chi connectivity index (χ0n) is 12.2. The summed E-state index contributed by atoms with van der Waals surface area (Å²) in [6.45, 7) is 0.0541. The molecule has 0 amide bonds. The lowest BCUT2D eigenvalue weighted by Gasteiger charge is -2.32. The molecule has 0 radical (unpaired) electrons. The Morgan fingerprint density at radius 3 is 2.71 bits per heavy atom. The van der Waals surface area contributed by atoms with Crippen molar-refractivity contribution >= 4 is 0 Å². The SMILES string of the molecule is COc1ccc(C(O)C2CC(C)CCN2)cc1OC(F)F. The van der Waals surface area contributed by atoms with E-state index in [9.17, 15) is 13.9 Å². The minimum absolute atomic E-state index is 0.0621. The third kappa shape index (κ3) is 4.04. The zero-order valence-corrected chi connectivity index (χ0v) is 12.2. The Balaban J connectivity index is 2.18. The van der Waals surface area contributed by atoms with Gasteiger partial charge in [0.1, 0.15) is 0 Å². The lowest BCUT2D eigenvalue weighted by molar-refractivity contribution is -0.0514. The first kappa shape index (κ1) is 16.0. The van der Waals surface area contributed by atoms with Crippen LogP contribution in [-0.4, -0.2) is 31.4 Å². The summed E-state index contributed by atoms with van der Waals surface area (Å²) in [6.07, 6.45) is 1.16. The predicted molar refractivity (Wildman–Crippen MR) is 74.8 cm³/mol. The van der Waals surface area contributed by atoms with Crippen molar-refractivity contribution < 1.29 is 23.4 Å². The molecule has 2 N–H and O–H groups in total. The number of alkyl halides is 2. The number of benzene rings is 1. The van der Waals surface area contributed by atoms with E-state index in [0.717, 1.165) is 19.4 Å². The van der Waals surface area contributed by atoms with Crippen molar-refractivity contribution in [3.05, 3.63) is 23.8 Å². The van der Waals surface area contributed by atoms with E-state index in [-0.39, 0.29) is 17.5 Å². The summed E-state index contributed by atoms with van der Waals surface area (Å²) in [7, 11) is 1.38. The van der Waals surface area contributed by atoms with Crippen molar-refractivity contribution in [2.24, 2.45) is 5.92 Å². The Kier molecular flexibility index (Phi) is 5.36. The average Bonchev–Trinajstić information content (AvgIpc) is 2.46. The third-order valence-electron chi connectivity index (χ3n) is 3.83. The number of rotatable bonds is 5. The van der Waals surface area contributed by atoms with E-state index in [1.165, 1.54) is 19.2 Å². The van der Waals surface area contributed by atoms with Crippen molar-refractivity contribution in [1.82, 2.24) is 5.32 Å². The molecule has 3 atom stereocenters. The fraction of sp³-hybridized carbons (Fsp3) is 0.600. The van der Waals surface area contributed by atoms with Gasteiger partial charge < -0.3 is 19.9 Å². The van der Waals surface area contributed by atoms with Crippen LogP contribution in [0.4, 0.5) is 8.78 Å². The number of hydrogen-bond donors (Lipinski definition) is 2. The topological polar surface area (TPSA) is 50.7 Å². The van der Waals surface area contributed by atoms with Crippen molar-refractivity contribution in [2.75, 3.05) is 13.7 Å². The normalized spacial score (nSPS) is 23.9. The molecule has 2 rings (SSSR count). The van der Waals surface area contributed by atoms with Gasteiger partial charge in [-0.05, 0) is 43.0 Å². The van der Waals surface area contributed by atoms with Gasteiger partial charge in [0.2, 0.25) is 0 Å². The zero-order chi connectivity index (χ0) is 15.4. The molecule has 1 aliphatic heterocycles. The molecule has 0 spiro atoms. The summed E-state index contributed by atoms with van der Waals surface area (Å²) in [5.74, 6) is 0.685. The van der Waals surface area contributed by atoms with E-state index < -0.39 is 12.7 Å². The molecular formula is C15H21F2NO3. The van der Waals surface area contributed by atoms with Gasteiger partial charge >= 0.3 is 6.61 Å². The van der Waals surface area contributed by atoms with E-state index in [1.54, 1.807) is 6.07 Å². The van der Waals surface area contributed by atoms with E-state index >= 15 is 0 Å². The van der Waals surface area contributed by atoms with Gasteiger partial charge in [0.25, 0.3) is 0 Å². The van der Waals surface area contributed by atoms with E-state index in [2.05, 4.69) is 17.0 Å². The van der Waals surface area contributed by atoms with Gasteiger partial charge in [0, 0.05) is 6.04 Å². The van der Waals surface area contributed by atoms with Crippen LogP contribution >= 0.6 is 0 Å². The molecule has 1 aromatic rings. The molecular weight excluding hydrogens is 280 g/mol. The smallest absolute Gasteiger partial charge is 0.387 e. The average molecular weight is 301 g/mol. The van der Waals surface area contributed by atoms with Gasteiger partial charge in [-0.2, -0.15) is 8.78 Å². The number of halogens is 2. The molecule has 118 valence electrons. The minimum atomic E-state index is -2.93. The second-order valence-corrected chi connectivity index (χ2v) is 5.42. The van der Waals surface area contributed by atoms with Gasteiger partial charge in [-0.15, -0.1) is 0 Å². The van der Waals surface area contributed by atoms with Crippen molar-refractivity contribution in [1.29, 1.82) is 0 Å². The summed E-state index contributed by atoms with van der Waals surface area (Å²) < 4.78 is 34.3. The number of nitrogens with one attached hydrogen (secondary N) is 1. The molecule has 21 heavy (non-hydrogen) atoms. The van der Waals surface area contributed by atoms with Crippen LogP contribution in [0.1, 0.15) is 31.4 Å². The lowest BCUT2D eigenvalue weighted by atomic mass is 9.88. The Morgan fingerprint density at radius 2 is 2.10 bits per heavy atom. The Bertz CT molecular complexity index is 470. The summed E-state index contributed by atoms with van der Waals surface area (Å²) in [5, 5.41) is 13.7. The Hall–Kier alpha value is -1.40. The molecule has 1 fully saturated rings. The number of hydrogen-bond acceptors (Lipinski definition) is 4. The monoisotopic (exact) mass is 301 g/mol. The highest BCUT2D eigenvalue weighted by molar-refractivity contribution is 5.43. The molecule has 0 aliphatic carbocycles. The second kappa shape index (κ2) is 7.04. The maximum Gasteiger partial charge on any atom is 0.387 e. The molecule has 1 aliphatic rings. The number of aliphatic hydroxyl groups excluding tert-OH is 1. The standard InChI is InChI=1S/C15H21F2NO3/c1-9-5-6-18-11(7-9)14(19)10-3-4-12(20-2)13(8-10)21-15(16)17/h3-4,8-9,11,14-15,18-19H,5-7H2,1-2H3. The molecule has 1 aromatic carbocycles. The fourth-order valence-electron chi connectivity index (χ4n) is 2.69. The Labute approximate surface area is 123 Å². The van der Waals surface area contributed by atoms with Crippen LogP contribution in [0, 0.1) is 5.92 Å². The van der Waals surface area contributed by atoms with Gasteiger partial charge in [-0.25, -0.2) is 0 Å². The van der Waals surface area contributed by atoms with Crippen LogP contribution in [0.25, 0.3) is 0 Å². The predicted octanol–water partition coefficient (Wildman–Crippen LogP) is 2.72. The van der Waals surface area contributed by atoms with Crippen molar-refractivity contribution in [3.63, 3.8) is 0 Å². The van der Waals surface area contributed by atoms with E-state index in [0.29, 0.717) is 11.5 Å². The lowest BCUT2D eigenvalue weighted by Crippen LogP contribution is -2.41. The molecule has 6 heteroatoms. The summed E-state index contributed by atoms with van der Waals surface area (Å²) in [6, 6.07) is 4.53. The van der Waals surface area contributed by atoms with Gasteiger partial charge in [0.15, 0.2) is 11.5 Å². The molecule has 0 bridgehead atoms. The fourth-order valence-corrected chi connectivity index (χ4v) is 2.69. The molecule has 4 nitrogen and oxygen atoms in total. The molecule has 1 heterocycles. The molecule has 1 saturated heterocycles. The van der Waals surface area contributed by atoms with Crippen LogP contribution in [0.5, 0.6) is 11.5 Å². The van der Waals surface area contributed by atoms with Gasteiger partial charge in [-0.1, -0.05) is 13.0 Å². The van der Waals surface area contributed by atoms with Crippen molar-refractivity contribution in [2.45, 2.75) is 38.5 Å². The van der Waals surface area contributed by atoms with Crippen LogP contribution in [0.2, 0.25) is 0 Å². The van der Waals surface area contributed by atoms with Crippen LogP contribution in [-0.2, 0) is 0 Å². The molecule has 0 saturated carbocycles. The van der Waals surface area contributed by atoms with E-state index in [4.69, 9.17) is 4.74 Å². The number of piperidine rings is 1. The second-order valence-electron chi connectivity index (χ2n) is 5.42. The quantitative estimate of drug-likeness (QED) is 0.878. The van der Waals surface area contributed by atoms with E-state index in [1.807, 2.05) is 0 Å². The summed E-state index contributed by atoms with van der Waals surface area (Å²) >= 11 is 0. The van der Waals surface area contributed by atoms with Crippen LogP contribution in [0.15, 0.2) is 18.2 Å². The Morgan fingerprint density at radius 1 is 1.33 bits per heavy atom. The van der Waals surface area contributed by atoms with Gasteiger partial charge in [0.05, 0.1) is 13.2 Å². The number of aliphatic hydroxyl groups is 1. The highest BCUT2D eigenvalue weighted by Crippen LogP contribution is 2.34. The van der Waals surface area contributed by atoms with Gasteiger partial charge in [-0.3, -0.25) is 0 Å². The maximum atomic E-state index is 12.4. The maximum absolute atomic E-state index is 12.4. The van der Waals surface area contributed by atoms with Crippen molar-refractivity contribution in [3.8, 4) is 11.5 Å². The largest absolute Gasteiger partial charge is 0.493 e. The first-order valence-electron chi connectivity index (χ1n) is 7.05. The molecule has 0 aromatic heterocycles. The molecule has 3 unspecified atom stereocenters. The van der Waals surface area contributed by atoms with Crippen LogP contribution in [0.3, 0.4) is 0 Å². The number of methoxy groups -OCH3 is 1. The number of ether oxygens (including phenoxy) is 2. The summed E-state index contributed by atoms with van der Waals surface area (Å²) in [5.41, 5.74) is 0.540. The highest BCUT2D eigenvalue weighted by Gasteiger charge is 2.26.